The number of guanidine groups is 1. The van der Waals surface area contributed by atoms with Crippen LogP contribution in [0.3, 0.4) is 0 Å². The second-order valence-corrected chi connectivity index (χ2v) is 27.2. The Labute approximate surface area is 558 Å². The lowest BCUT2D eigenvalue weighted by Gasteiger charge is -2.48. The van der Waals surface area contributed by atoms with Crippen LogP contribution in [0, 0.1) is 0 Å². The first-order chi connectivity index (χ1) is 45.3. The third-order valence-electron chi connectivity index (χ3n) is 16.0. The Bertz CT molecular complexity index is 4410. The number of amides is 4. The number of aliphatic imine (C=N–C) groups is 1. The van der Waals surface area contributed by atoms with E-state index in [1.165, 1.54) is 49.2 Å². The lowest BCUT2D eigenvalue weighted by Crippen LogP contribution is -2.62. The average molecular weight is 1400 g/mol. The summed E-state index contributed by atoms with van der Waals surface area (Å²) in [6, 6.07) is 0.919. The van der Waals surface area contributed by atoms with Crippen molar-refractivity contribution in [3.05, 3.63) is 112 Å². The first-order valence-electron chi connectivity index (χ1n) is 29.1. The molecule has 12 bridgehead atoms. The van der Waals surface area contributed by atoms with E-state index in [9.17, 15) is 34.9 Å². The molecule has 10 unspecified atom stereocenters. The Hall–Kier alpha value is -8.95. The van der Waals surface area contributed by atoms with Crippen molar-refractivity contribution in [2.75, 3.05) is 27.8 Å². The Morgan fingerprint density at radius 3 is 2.25 bits per heavy atom. The molecule has 8 aromatic rings. The van der Waals surface area contributed by atoms with E-state index in [1.54, 1.807) is 55.7 Å². The number of nitrogens with two attached hydrogens (primary N) is 2. The molecule has 1 saturated heterocycles. The predicted molar refractivity (Wildman–Crippen MR) is 344 cm³/mol. The number of nitrogens with one attached hydrogen (secondary N) is 4. The van der Waals surface area contributed by atoms with Crippen molar-refractivity contribution < 1.29 is 77.7 Å². The third-order valence-corrected chi connectivity index (χ3v) is 20.5. The summed E-state index contributed by atoms with van der Waals surface area (Å²) in [5.74, 6) is -6.24. The van der Waals surface area contributed by atoms with Gasteiger partial charge in [-0.15, -0.1) is 56.7 Å². The fraction of sp³-hybridized carbons (Fsp3) is 0.373. The molecule has 10 atom stereocenters. The average Bonchev–Trinajstić information content (AvgIpc) is 1.65. The van der Waals surface area contributed by atoms with E-state index >= 15 is 14.4 Å². The standard InChI is InChI=1S/C59H61N15O16S5/c1-22(75)38-50(80)71-39(23(2)85-7)53-67-33(21-94-53)49(79)72-42-44-45(90-36-12-59(4,83)46(73(5)6)24(3)89-36)57(82)87-14-25-9-8-10-34-37(25)28(15-86-44)43(74(34)84)56(81)88-16-29(64-47(77)31-20-95-55(42)68-31)52-65-30(18-93-52)40-27(51-66-32(19-92-51)48(78)70-38)11-35(76)41(69-40)54-63-26(17-91-54)13-62-58(60)61/h8-11,17-22,24,29,36,38,42,44-46,75-76,83-84H,12-16H2,1-7H3,(H,64,77)(H,70,78)(H,71,80)(H,72,79)(H4,60,61,62)/b39-23+. The van der Waals surface area contributed by atoms with Gasteiger partial charge in [0.1, 0.15) is 114 Å². The number of cyclic esters (lactones) is 2. The molecule has 4 aliphatic heterocycles. The predicted octanol–water partition coefficient (Wildman–Crippen LogP) is 3.94. The number of rotatable bonds is 8. The summed E-state index contributed by atoms with van der Waals surface area (Å²) in [5, 5.41) is 66.1. The summed E-state index contributed by atoms with van der Waals surface area (Å²) in [5.41, 5.74) is 9.70. The minimum atomic E-state index is -1.90. The van der Waals surface area contributed by atoms with Crippen molar-refractivity contribution in [1.29, 1.82) is 0 Å². The fourth-order valence-corrected chi connectivity index (χ4v) is 15.8. The Kier molecular flexibility index (Phi) is 18.6. The third kappa shape index (κ3) is 13.2. The van der Waals surface area contributed by atoms with E-state index < -0.39 is 122 Å². The molecule has 4 amide bonds. The highest BCUT2D eigenvalue weighted by atomic mass is 32.1. The number of aromatic hydroxyl groups is 1. The van der Waals surface area contributed by atoms with Gasteiger partial charge >= 0.3 is 11.9 Å². The molecule has 4 aliphatic rings. The van der Waals surface area contributed by atoms with Crippen LogP contribution in [0.1, 0.15) is 120 Å². The largest absolute Gasteiger partial charge is 0.506 e. The zero-order chi connectivity index (χ0) is 67.5. The van der Waals surface area contributed by atoms with E-state index in [-0.39, 0.29) is 117 Å². The lowest BCUT2D eigenvalue weighted by molar-refractivity contribution is -0.280. The van der Waals surface area contributed by atoms with E-state index in [0.29, 0.717) is 16.0 Å². The first kappa shape index (κ1) is 66.1. The SMILES string of the molecule is CO/C(C)=C1/NC(=O)C(C(C)O)NC(=O)c2csc(n2)-c2cc(O)c(-c3nc(CN=C(N)N)cs3)nc2-c2csc(n2)C2COC(=O)c3c4c5c(cccc5n3O)COC(=O)C(OC3CC(C)(O)C(N(C)C)C(C)O3)C(OC4)C(NC(=O)c3csc1n3)c1nc(cs1)C(=O)N2. The number of methoxy groups -OCH3 is 1. The molecule has 0 radical (unpaired) electrons. The number of aliphatic hydroxyl groups excluding tert-OH is 1. The molecule has 36 heteroatoms. The number of hydrogen-bond acceptors (Lipinski definition) is 29. The highest BCUT2D eigenvalue weighted by molar-refractivity contribution is 7.14. The van der Waals surface area contributed by atoms with Gasteiger partial charge in [-0.25, -0.2) is 44.5 Å². The van der Waals surface area contributed by atoms with Gasteiger partial charge in [-0.2, -0.15) is 4.73 Å². The molecule has 12 rings (SSSR count). The Morgan fingerprint density at radius 1 is 0.853 bits per heavy atom. The van der Waals surface area contributed by atoms with Gasteiger partial charge in [0, 0.05) is 49.8 Å². The van der Waals surface area contributed by atoms with Gasteiger partial charge in [-0.05, 0) is 59.5 Å². The van der Waals surface area contributed by atoms with Crippen LogP contribution < -0.4 is 32.7 Å². The number of nitrogens with zero attached hydrogens (tertiary/aromatic N) is 9. The van der Waals surface area contributed by atoms with Crippen molar-refractivity contribution in [2.24, 2.45) is 16.5 Å². The van der Waals surface area contributed by atoms with Crippen LogP contribution in [0.2, 0.25) is 0 Å². The number of esters is 2. The first-order valence-corrected chi connectivity index (χ1v) is 33.5. The van der Waals surface area contributed by atoms with Gasteiger partial charge in [0.15, 0.2) is 24.0 Å². The molecule has 11 heterocycles. The number of hydrogen-bond donors (Lipinski definition) is 10. The molecule has 12 N–H and O–H groups in total. The number of pyridine rings is 1. The molecule has 1 fully saturated rings. The number of fused-ring (bicyclic) bond motifs is 15. The summed E-state index contributed by atoms with van der Waals surface area (Å²) >= 11 is 4.86. The maximum Gasteiger partial charge on any atom is 0.358 e. The van der Waals surface area contributed by atoms with Crippen LogP contribution in [0.5, 0.6) is 5.75 Å². The molecule has 7 aromatic heterocycles. The van der Waals surface area contributed by atoms with Gasteiger partial charge in [0.25, 0.3) is 17.7 Å². The zero-order valence-electron chi connectivity index (χ0n) is 51.3. The monoisotopic (exact) mass is 1400 g/mol. The van der Waals surface area contributed by atoms with Crippen molar-refractivity contribution in [3.8, 4) is 38.4 Å². The van der Waals surface area contributed by atoms with Gasteiger partial charge in [-0.3, -0.25) is 19.2 Å². The quantitative estimate of drug-likeness (QED) is 0.0338. The van der Waals surface area contributed by atoms with Crippen molar-refractivity contribution in [2.45, 2.75) is 114 Å². The number of aromatic nitrogens is 7. The minimum absolute atomic E-state index is 0.00250. The molecule has 95 heavy (non-hydrogen) atoms. The zero-order valence-corrected chi connectivity index (χ0v) is 55.4. The van der Waals surface area contributed by atoms with Crippen LogP contribution in [-0.2, 0) is 57.8 Å². The molecule has 31 nitrogen and oxygen atoms in total. The number of benzene rings is 1. The molecular formula is C59H61N15O16S5. The number of allylic oxidation sites excluding steroid dienone is 1. The number of carbonyl (C=O) groups is 6. The van der Waals surface area contributed by atoms with Crippen LogP contribution >= 0.6 is 56.7 Å². The summed E-state index contributed by atoms with van der Waals surface area (Å²) < 4.78 is 38.3. The number of thiazole rings is 5. The topological polar surface area (TPSA) is 437 Å². The summed E-state index contributed by atoms with van der Waals surface area (Å²) in [6.07, 6.45) is -7.43. The van der Waals surface area contributed by atoms with Crippen molar-refractivity contribution in [3.63, 3.8) is 0 Å². The highest BCUT2D eigenvalue weighted by Crippen LogP contribution is 2.43. The normalized spacial score (nSPS) is 24.5. The van der Waals surface area contributed by atoms with E-state index in [4.69, 9.17) is 54.8 Å². The highest BCUT2D eigenvalue weighted by Gasteiger charge is 2.50. The fourth-order valence-electron chi connectivity index (χ4n) is 11.6. The Balaban J connectivity index is 1.05. The summed E-state index contributed by atoms with van der Waals surface area (Å²) in [6.45, 7) is 4.40. The van der Waals surface area contributed by atoms with E-state index in [1.807, 2.05) is 0 Å². The molecule has 1 aromatic carbocycles. The molecular weight excluding hydrogens is 1340 g/mol. The van der Waals surface area contributed by atoms with Gasteiger partial charge in [0.05, 0.1) is 55.3 Å². The number of likely N-dealkylation sites (N-methyl/N-ethyl adjacent to an activating group) is 1. The van der Waals surface area contributed by atoms with Gasteiger partial charge in [0.2, 0.25) is 5.91 Å². The lowest BCUT2D eigenvalue weighted by atomic mass is 9.85. The van der Waals surface area contributed by atoms with Crippen LogP contribution in [-0.4, -0.2) is 178 Å². The second kappa shape index (κ2) is 26.7. The van der Waals surface area contributed by atoms with Gasteiger partial charge in [-0.1, -0.05) is 12.1 Å². The summed E-state index contributed by atoms with van der Waals surface area (Å²) in [4.78, 5) is 123. The summed E-state index contributed by atoms with van der Waals surface area (Å²) in [7, 11) is 4.87. The van der Waals surface area contributed by atoms with Crippen molar-refractivity contribution >= 4 is 115 Å². The maximum absolute atomic E-state index is 15.2. The molecule has 498 valence electrons. The van der Waals surface area contributed by atoms with Crippen LogP contribution in [0.15, 0.2) is 61.9 Å². The second-order valence-electron chi connectivity index (χ2n) is 22.9. The van der Waals surface area contributed by atoms with Gasteiger partial charge < -0.3 is 86.6 Å². The van der Waals surface area contributed by atoms with E-state index in [2.05, 4.69) is 41.2 Å². The van der Waals surface area contributed by atoms with Crippen molar-refractivity contribution in [1.82, 2.24) is 60.8 Å². The molecule has 0 spiro atoms. The van der Waals surface area contributed by atoms with E-state index in [0.717, 1.165) is 56.7 Å². The molecule has 0 saturated carbocycles. The van der Waals surface area contributed by atoms with Crippen LogP contribution in [0.4, 0.5) is 0 Å². The number of aliphatic hydroxyl groups is 2. The molecule has 0 aliphatic carbocycles. The van der Waals surface area contributed by atoms with Crippen LogP contribution in [0.25, 0.3) is 49.3 Å². The number of carbonyl (C=O) groups excluding carboxylic acids is 6. The smallest absolute Gasteiger partial charge is 0.358 e. The maximum atomic E-state index is 15.2. The Morgan fingerprint density at radius 2 is 1.53 bits per heavy atom. The number of ether oxygens (including phenoxy) is 6. The minimum Gasteiger partial charge on any atom is -0.506 e.